The number of carbonyl (C=O) groups is 1. The number of benzene rings is 1. The van der Waals surface area contributed by atoms with Gasteiger partial charge in [0.15, 0.2) is 0 Å². The number of hydrogen-bond acceptors (Lipinski definition) is 3. The summed E-state index contributed by atoms with van der Waals surface area (Å²) in [4.78, 5) is 26.6. The number of carbonyl (C=O) groups excluding carboxylic acids is 1. The standard InChI is InChI=1S/C17H22N2O3/c1-12(2)11-22-9-5-8-18-17(21)14-10-16(20)19-15-7-4-3-6-13(14)15/h3-4,6-7,10,12H,5,8-9,11H2,1-2H3,(H,18,21)(H,19,20). The Morgan fingerprint density at radius 2 is 2.09 bits per heavy atom. The summed E-state index contributed by atoms with van der Waals surface area (Å²) >= 11 is 0. The van der Waals surface area contributed by atoms with E-state index < -0.39 is 0 Å². The van der Waals surface area contributed by atoms with Gasteiger partial charge in [-0.15, -0.1) is 0 Å². The van der Waals surface area contributed by atoms with E-state index in [0.29, 0.717) is 30.1 Å². The van der Waals surface area contributed by atoms with Crippen LogP contribution in [0.4, 0.5) is 0 Å². The third-order valence-corrected chi connectivity index (χ3v) is 3.20. The SMILES string of the molecule is CC(C)COCCCNC(=O)c1cc(=O)[nH]c2ccccc12. The van der Waals surface area contributed by atoms with E-state index in [-0.39, 0.29) is 11.5 Å². The van der Waals surface area contributed by atoms with Gasteiger partial charge in [0.05, 0.1) is 5.56 Å². The first-order valence-corrected chi connectivity index (χ1v) is 7.56. The second kappa shape index (κ2) is 7.75. The van der Waals surface area contributed by atoms with E-state index in [1.165, 1.54) is 6.07 Å². The number of H-pyrrole nitrogens is 1. The molecule has 0 unspecified atom stereocenters. The Labute approximate surface area is 129 Å². The molecule has 1 heterocycles. The second-order valence-corrected chi connectivity index (χ2v) is 5.67. The summed E-state index contributed by atoms with van der Waals surface area (Å²) in [7, 11) is 0. The Morgan fingerprint density at radius 3 is 2.86 bits per heavy atom. The molecule has 0 bridgehead atoms. The highest BCUT2D eigenvalue weighted by Gasteiger charge is 2.10. The molecule has 0 radical (unpaired) electrons. The minimum Gasteiger partial charge on any atom is -0.381 e. The van der Waals surface area contributed by atoms with E-state index in [1.54, 1.807) is 6.07 Å². The number of amides is 1. The number of fused-ring (bicyclic) bond motifs is 1. The maximum atomic E-state index is 12.2. The van der Waals surface area contributed by atoms with E-state index in [4.69, 9.17) is 4.74 Å². The van der Waals surface area contributed by atoms with Crippen molar-refractivity contribution in [3.05, 3.63) is 46.2 Å². The number of ether oxygens (including phenoxy) is 1. The Kier molecular flexibility index (Phi) is 5.72. The highest BCUT2D eigenvalue weighted by Crippen LogP contribution is 2.14. The normalized spacial score (nSPS) is 11.0. The number of pyridine rings is 1. The molecule has 0 aliphatic carbocycles. The van der Waals surface area contributed by atoms with Crippen LogP contribution in [0, 0.1) is 5.92 Å². The predicted molar refractivity (Wildman–Crippen MR) is 87.2 cm³/mol. The minimum absolute atomic E-state index is 0.230. The highest BCUT2D eigenvalue weighted by molar-refractivity contribution is 6.05. The summed E-state index contributed by atoms with van der Waals surface area (Å²) in [6.45, 7) is 6.07. The third-order valence-electron chi connectivity index (χ3n) is 3.20. The Bertz CT molecular complexity index is 692. The molecule has 1 amide bonds. The van der Waals surface area contributed by atoms with Gasteiger partial charge in [-0.3, -0.25) is 9.59 Å². The molecule has 1 aromatic heterocycles. The second-order valence-electron chi connectivity index (χ2n) is 5.67. The molecule has 0 saturated carbocycles. The van der Waals surface area contributed by atoms with Gasteiger partial charge < -0.3 is 15.0 Å². The van der Waals surface area contributed by atoms with Crippen molar-refractivity contribution < 1.29 is 9.53 Å². The van der Waals surface area contributed by atoms with Gasteiger partial charge in [-0.2, -0.15) is 0 Å². The number of aromatic amines is 1. The molecule has 0 saturated heterocycles. The lowest BCUT2D eigenvalue weighted by Crippen LogP contribution is -2.27. The lowest BCUT2D eigenvalue weighted by molar-refractivity contribution is 0.0926. The van der Waals surface area contributed by atoms with E-state index >= 15 is 0 Å². The zero-order valence-corrected chi connectivity index (χ0v) is 13.0. The zero-order valence-electron chi connectivity index (χ0n) is 13.0. The molecule has 0 aliphatic heterocycles. The third kappa shape index (κ3) is 4.43. The predicted octanol–water partition coefficient (Wildman–Crippen LogP) is 2.32. The van der Waals surface area contributed by atoms with E-state index in [0.717, 1.165) is 18.4 Å². The van der Waals surface area contributed by atoms with Crippen LogP contribution in [0.1, 0.15) is 30.6 Å². The first-order chi connectivity index (χ1) is 10.6. The van der Waals surface area contributed by atoms with E-state index in [2.05, 4.69) is 24.1 Å². The Balaban J connectivity index is 1.94. The monoisotopic (exact) mass is 302 g/mol. The van der Waals surface area contributed by atoms with Crippen LogP contribution in [0.25, 0.3) is 10.9 Å². The van der Waals surface area contributed by atoms with Gasteiger partial charge in [0.2, 0.25) is 5.56 Å². The summed E-state index contributed by atoms with van der Waals surface area (Å²) < 4.78 is 5.47. The van der Waals surface area contributed by atoms with Gasteiger partial charge >= 0.3 is 0 Å². The summed E-state index contributed by atoms with van der Waals surface area (Å²) in [5.74, 6) is 0.281. The number of hydrogen-bond donors (Lipinski definition) is 2. The van der Waals surface area contributed by atoms with Crippen LogP contribution in [-0.4, -0.2) is 30.6 Å². The molecule has 2 rings (SSSR count). The van der Waals surface area contributed by atoms with Gasteiger partial charge in [-0.05, 0) is 18.4 Å². The van der Waals surface area contributed by atoms with Crippen LogP contribution in [0.2, 0.25) is 0 Å². The first-order valence-electron chi connectivity index (χ1n) is 7.56. The average Bonchev–Trinajstić information content (AvgIpc) is 2.49. The fourth-order valence-corrected chi connectivity index (χ4v) is 2.18. The van der Waals surface area contributed by atoms with E-state index in [9.17, 15) is 9.59 Å². The van der Waals surface area contributed by atoms with Crippen molar-refractivity contribution >= 4 is 16.8 Å². The Hall–Kier alpha value is -2.14. The average molecular weight is 302 g/mol. The highest BCUT2D eigenvalue weighted by atomic mass is 16.5. The summed E-state index contributed by atoms with van der Waals surface area (Å²) in [6.07, 6.45) is 0.750. The zero-order chi connectivity index (χ0) is 15.9. The van der Waals surface area contributed by atoms with Gasteiger partial charge in [-0.25, -0.2) is 0 Å². The van der Waals surface area contributed by atoms with Crippen molar-refractivity contribution in [2.45, 2.75) is 20.3 Å². The van der Waals surface area contributed by atoms with Gasteiger partial charge in [0, 0.05) is 36.7 Å². The molecule has 2 aromatic rings. The largest absolute Gasteiger partial charge is 0.381 e. The van der Waals surface area contributed by atoms with Crippen molar-refractivity contribution in [3.63, 3.8) is 0 Å². The van der Waals surface area contributed by atoms with Crippen LogP contribution in [0.3, 0.4) is 0 Å². The van der Waals surface area contributed by atoms with Crippen molar-refractivity contribution in [2.75, 3.05) is 19.8 Å². The molecule has 118 valence electrons. The number of rotatable bonds is 7. The van der Waals surface area contributed by atoms with Crippen molar-refractivity contribution in [1.29, 1.82) is 0 Å². The van der Waals surface area contributed by atoms with Crippen LogP contribution < -0.4 is 10.9 Å². The molecule has 2 N–H and O–H groups in total. The molecule has 5 heteroatoms. The van der Waals surface area contributed by atoms with Crippen LogP contribution in [0.15, 0.2) is 35.1 Å². The van der Waals surface area contributed by atoms with Crippen molar-refractivity contribution in [1.82, 2.24) is 10.3 Å². The van der Waals surface area contributed by atoms with Gasteiger partial charge in [0.1, 0.15) is 0 Å². The first kappa shape index (κ1) is 16.2. The molecular weight excluding hydrogens is 280 g/mol. The topological polar surface area (TPSA) is 71.2 Å². The number of aromatic nitrogens is 1. The fourth-order valence-electron chi connectivity index (χ4n) is 2.18. The van der Waals surface area contributed by atoms with Gasteiger partial charge in [-0.1, -0.05) is 32.0 Å². The Morgan fingerprint density at radius 1 is 1.32 bits per heavy atom. The molecule has 5 nitrogen and oxygen atoms in total. The van der Waals surface area contributed by atoms with Crippen molar-refractivity contribution in [3.8, 4) is 0 Å². The number of para-hydroxylation sites is 1. The maximum Gasteiger partial charge on any atom is 0.252 e. The molecule has 0 aliphatic rings. The smallest absolute Gasteiger partial charge is 0.252 e. The lowest BCUT2D eigenvalue weighted by Gasteiger charge is -2.09. The molecule has 0 atom stereocenters. The summed E-state index contributed by atoms with van der Waals surface area (Å²) in [5.41, 5.74) is 0.798. The summed E-state index contributed by atoms with van der Waals surface area (Å²) in [6, 6.07) is 8.62. The van der Waals surface area contributed by atoms with Gasteiger partial charge in [0.25, 0.3) is 5.91 Å². The maximum absolute atomic E-state index is 12.2. The molecule has 1 aromatic carbocycles. The van der Waals surface area contributed by atoms with Crippen LogP contribution in [-0.2, 0) is 4.74 Å². The minimum atomic E-state index is -0.274. The van der Waals surface area contributed by atoms with Crippen molar-refractivity contribution in [2.24, 2.45) is 5.92 Å². The molecule has 0 spiro atoms. The molecule has 22 heavy (non-hydrogen) atoms. The van der Waals surface area contributed by atoms with Crippen LogP contribution in [0.5, 0.6) is 0 Å². The molecule has 0 fully saturated rings. The summed E-state index contributed by atoms with van der Waals surface area (Å²) in [5, 5.41) is 3.58. The van der Waals surface area contributed by atoms with E-state index in [1.807, 2.05) is 18.2 Å². The lowest BCUT2D eigenvalue weighted by atomic mass is 10.1. The fraction of sp³-hybridized carbons (Fsp3) is 0.412. The quantitative estimate of drug-likeness (QED) is 0.771. The molecular formula is C17H22N2O3. The number of nitrogens with one attached hydrogen (secondary N) is 2. The van der Waals surface area contributed by atoms with Crippen LogP contribution >= 0.6 is 0 Å².